The number of esters is 1. The van der Waals surface area contributed by atoms with Crippen LogP contribution in [0.1, 0.15) is 53.1 Å². The summed E-state index contributed by atoms with van der Waals surface area (Å²) in [5.74, 6) is -0.870. The van der Waals surface area contributed by atoms with Gasteiger partial charge >= 0.3 is 5.97 Å². The van der Waals surface area contributed by atoms with E-state index in [2.05, 4.69) is 17.3 Å². The van der Waals surface area contributed by atoms with Crippen molar-refractivity contribution < 1.29 is 14.3 Å². The van der Waals surface area contributed by atoms with E-state index in [1.165, 1.54) is 0 Å². The summed E-state index contributed by atoms with van der Waals surface area (Å²) in [5, 5.41) is 7.42. The van der Waals surface area contributed by atoms with Gasteiger partial charge in [0.25, 0.3) is 5.91 Å². The lowest BCUT2D eigenvalue weighted by atomic mass is 10.0. The van der Waals surface area contributed by atoms with Crippen LogP contribution in [-0.4, -0.2) is 28.3 Å². The zero-order chi connectivity index (χ0) is 21.5. The van der Waals surface area contributed by atoms with E-state index in [0.717, 1.165) is 24.1 Å². The van der Waals surface area contributed by atoms with Crippen molar-refractivity contribution in [1.82, 2.24) is 15.1 Å². The molecule has 1 heterocycles. The second-order valence-electron chi connectivity index (χ2n) is 7.19. The second-order valence-corrected chi connectivity index (χ2v) is 7.19. The molecule has 1 atom stereocenters. The van der Waals surface area contributed by atoms with Gasteiger partial charge in [-0.2, -0.15) is 5.10 Å². The third kappa shape index (κ3) is 4.95. The largest absolute Gasteiger partial charge is 0.452 e. The van der Waals surface area contributed by atoms with Crippen molar-refractivity contribution in [2.24, 2.45) is 0 Å². The lowest BCUT2D eigenvalue weighted by Crippen LogP contribution is -2.32. The first-order chi connectivity index (χ1) is 14.5. The Kier molecular flexibility index (Phi) is 7.01. The van der Waals surface area contributed by atoms with Crippen molar-refractivity contribution in [2.75, 3.05) is 6.61 Å². The van der Waals surface area contributed by atoms with Crippen molar-refractivity contribution in [3.63, 3.8) is 0 Å². The highest BCUT2D eigenvalue weighted by atomic mass is 16.5. The van der Waals surface area contributed by atoms with E-state index >= 15 is 0 Å². The summed E-state index contributed by atoms with van der Waals surface area (Å²) < 4.78 is 7.02. The Hall–Kier alpha value is -3.41. The van der Waals surface area contributed by atoms with Crippen molar-refractivity contribution in [3.05, 3.63) is 83.2 Å². The quantitative estimate of drug-likeness (QED) is 0.567. The number of carbonyl (C=O) groups excluding carboxylic acids is 2. The molecule has 2 aromatic carbocycles. The monoisotopic (exact) mass is 405 g/mol. The number of ether oxygens (including phenoxy) is 1. The fourth-order valence-corrected chi connectivity index (χ4v) is 3.49. The molecule has 1 amide bonds. The van der Waals surface area contributed by atoms with Gasteiger partial charge in [0.05, 0.1) is 23.1 Å². The van der Waals surface area contributed by atoms with Crippen LogP contribution < -0.4 is 5.32 Å². The van der Waals surface area contributed by atoms with Gasteiger partial charge in [-0.3, -0.25) is 4.79 Å². The van der Waals surface area contributed by atoms with E-state index in [1.807, 2.05) is 67.6 Å². The predicted octanol–water partition coefficient (Wildman–Crippen LogP) is 4.30. The van der Waals surface area contributed by atoms with Gasteiger partial charge in [0.1, 0.15) is 5.56 Å². The van der Waals surface area contributed by atoms with Crippen LogP contribution >= 0.6 is 0 Å². The second kappa shape index (κ2) is 9.87. The van der Waals surface area contributed by atoms with E-state index in [0.29, 0.717) is 17.0 Å². The molecular weight excluding hydrogens is 378 g/mol. The van der Waals surface area contributed by atoms with Crippen LogP contribution in [0.15, 0.2) is 60.7 Å². The summed E-state index contributed by atoms with van der Waals surface area (Å²) in [5.41, 5.74) is 3.53. The van der Waals surface area contributed by atoms with E-state index in [4.69, 9.17) is 4.74 Å². The Morgan fingerprint density at radius 1 is 1.03 bits per heavy atom. The minimum Gasteiger partial charge on any atom is -0.452 e. The Bertz CT molecular complexity index is 997. The lowest BCUT2D eigenvalue weighted by Gasteiger charge is -2.18. The minimum atomic E-state index is -0.547. The maximum atomic E-state index is 12.7. The Morgan fingerprint density at radius 2 is 1.67 bits per heavy atom. The van der Waals surface area contributed by atoms with Crippen molar-refractivity contribution >= 4 is 11.9 Å². The molecule has 0 aliphatic rings. The Balaban J connectivity index is 1.65. The number of nitrogens with zero attached hydrogens (tertiary/aromatic N) is 2. The molecule has 3 aromatic rings. The van der Waals surface area contributed by atoms with Crippen LogP contribution in [0.3, 0.4) is 0 Å². The average Bonchev–Trinajstić information content (AvgIpc) is 3.07. The van der Waals surface area contributed by atoms with Crippen LogP contribution in [0.2, 0.25) is 0 Å². The maximum absolute atomic E-state index is 12.7. The number of aryl methyl sites for hydroxylation is 1. The molecule has 0 aliphatic carbocycles. The molecule has 0 spiro atoms. The molecule has 6 heteroatoms. The first-order valence-electron chi connectivity index (χ1n) is 10.1. The number of rotatable bonds is 8. The van der Waals surface area contributed by atoms with Crippen molar-refractivity contribution in [1.29, 1.82) is 0 Å². The van der Waals surface area contributed by atoms with E-state index in [1.54, 1.807) is 11.6 Å². The number of amides is 1. The van der Waals surface area contributed by atoms with Gasteiger partial charge in [-0.05, 0) is 38.0 Å². The number of benzene rings is 2. The smallest absolute Gasteiger partial charge is 0.342 e. The highest BCUT2D eigenvalue weighted by Gasteiger charge is 2.22. The average molecular weight is 405 g/mol. The molecular formula is C24H27N3O3. The summed E-state index contributed by atoms with van der Waals surface area (Å²) in [4.78, 5) is 25.1. The maximum Gasteiger partial charge on any atom is 0.342 e. The van der Waals surface area contributed by atoms with Crippen molar-refractivity contribution in [3.8, 4) is 5.69 Å². The number of nitrogens with one attached hydrogen (secondary N) is 1. The van der Waals surface area contributed by atoms with Gasteiger partial charge in [0, 0.05) is 0 Å². The molecule has 0 fully saturated rings. The number of hydrogen-bond donors (Lipinski definition) is 1. The third-order valence-electron chi connectivity index (χ3n) is 4.95. The van der Waals surface area contributed by atoms with E-state index < -0.39 is 5.97 Å². The molecule has 0 aliphatic heterocycles. The van der Waals surface area contributed by atoms with Crippen molar-refractivity contribution in [2.45, 2.75) is 39.7 Å². The summed E-state index contributed by atoms with van der Waals surface area (Å²) in [6, 6.07) is 19.3. The van der Waals surface area contributed by atoms with Crippen LogP contribution in [0, 0.1) is 13.8 Å². The molecule has 0 unspecified atom stereocenters. The molecule has 156 valence electrons. The zero-order valence-corrected chi connectivity index (χ0v) is 17.6. The number of hydrogen-bond acceptors (Lipinski definition) is 4. The molecule has 0 saturated heterocycles. The topological polar surface area (TPSA) is 73.2 Å². The van der Waals surface area contributed by atoms with Gasteiger partial charge < -0.3 is 10.1 Å². The fraction of sp³-hybridized carbons (Fsp3) is 0.292. The molecule has 0 saturated carbocycles. The zero-order valence-electron chi connectivity index (χ0n) is 17.6. The van der Waals surface area contributed by atoms with Gasteiger partial charge in [0.15, 0.2) is 6.61 Å². The van der Waals surface area contributed by atoms with Gasteiger partial charge in [-0.25, -0.2) is 9.48 Å². The summed E-state index contributed by atoms with van der Waals surface area (Å²) in [6.45, 7) is 5.31. The minimum absolute atomic E-state index is 0.105. The van der Waals surface area contributed by atoms with Crippen LogP contribution in [-0.2, 0) is 9.53 Å². The molecule has 3 rings (SSSR count). The number of aromatic nitrogens is 2. The van der Waals surface area contributed by atoms with Crippen LogP contribution in [0.5, 0.6) is 0 Å². The van der Waals surface area contributed by atoms with Gasteiger partial charge in [-0.1, -0.05) is 61.9 Å². The summed E-state index contributed by atoms with van der Waals surface area (Å²) in [7, 11) is 0. The normalized spacial score (nSPS) is 11.7. The standard InChI is InChI=1S/C24H27N3O3/c1-4-11-21(19-12-7-5-8-13-19)25-22(28)16-30-24(29)23-17(2)26-27(18(23)3)20-14-9-6-10-15-20/h5-10,12-15,21H,4,11,16H2,1-3H3,(H,25,28)/t21-/m1/s1. The summed E-state index contributed by atoms with van der Waals surface area (Å²) >= 11 is 0. The van der Waals surface area contributed by atoms with Crippen LogP contribution in [0.4, 0.5) is 0 Å². The van der Waals surface area contributed by atoms with Gasteiger partial charge in [0.2, 0.25) is 0 Å². The SMILES string of the molecule is CCC[C@@H](NC(=O)COC(=O)c1c(C)nn(-c2ccccc2)c1C)c1ccccc1. The number of para-hydroxylation sites is 1. The number of carbonyl (C=O) groups is 2. The highest BCUT2D eigenvalue weighted by molar-refractivity contribution is 5.93. The Labute approximate surface area is 176 Å². The van der Waals surface area contributed by atoms with Crippen LogP contribution in [0.25, 0.3) is 5.69 Å². The third-order valence-corrected chi connectivity index (χ3v) is 4.95. The molecule has 0 radical (unpaired) electrons. The van der Waals surface area contributed by atoms with E-state index in [9.17, 15) is 9.59 Å². The molecule has 30 heavy (non-hydrogen) atoms. The first-order valence-corrected chi connectivity index (χ1v) is 10.1. The van der Waals surface area contributed by atoms with Gasteiger partial charge in [-0.15, -0.1) is 0 Å². The molecule has 1 N–H and O–H groups in total. The molecule has 6 nitrogen and oxygen atoms in total. The van der Waals surface area contributed by atoms with E-state index in [-0.39, 0.29) is 18.6 Å². The Morgan fingerprint density at radius 3 is 2.30 bits per heavy atom. The fourth-order valence-electron chi connectivity index (χ4n) is 3.49. The summed E-state index contributed by atoms with van der Waals surface area (Å²) in [6.07, 6.45) is 1.74. The predicted molar refractivity (Wildman–Crippen MR) is 116 cm³/mol. The molecule has 1 aromatic heterocycles. The molecule has 0 bridgehead atoms. The lowest BCUT2D eigenvalue weighted by molar-refractivity contribution is -0.125. The first kappa shape index (κ1) is 21.3. The highest BCUT2D eigenvalue weighted by Crippen LogP contribution is 2.20.